The number of likely N-dealkylation sites (tertiary alicyclic amines) is 1. The minimum atomic E-state index is 0.715. The number of hydrogen-bond donors (Lipinski definition) is 1. The molecule has 0 amide bonds. The third kappa shape index (κ3) is 2.38. The predicted octanol–water partition coefficient (Wildman–Crippen LogP) is 1.23. The van der Waals surface area contributed by atoms with Gasteiger partial charge in [0, 0.05) is 44.1 Å². The van der Waals surface area contributed by atoms with Crippen LogP contribution >= 0.6 is 0 Å². The highest BCUT2D eigenvalue weighted by Crippen LogP contribution is 2.21. The fraction of sp³-hybridized carbons (Fsp3) is 0.769. The predicted molar refractivity (Wildman–Crippen MR) is 67.7 cm³/mol. The number of aryl methyl sites for hydroxylation is 1. The van der Waals surface area contributed by atoms with Crippen LogP contribution in [-0.2, 0) is 13.1 Å². The number of hydrogen-bond acceptors (Lipinski definition) is 3. The zero-order valence-electron chi connectivity index (χ0n) is 10.6. The first kappa shape index (κ1) is 11.2. The van der Waals surface area contributed by atoms with E-state index in [1.54, 1.807) is 0 Å². The van der Waals surface area contributed by atoms with Crippen molar-refractivity contribution in [1.29, 1.82) is 0 Å². The van der Waals surface area contributed by atoms with Gasteiger partial charge in [-0.3, -0.25) is 4.90 Å². The molecule has 0 radical (unpaired) electrons. The van der Waals surface area contributed by atoms with Gasteiger partial charge in [-0.05, 0) is 26.2 Å². The summed E-state index contributed by atoms with van der Waals surface area (Å²) in [5.41, 5.74) is 0. The lowest BCUT2D eigenvalue weighted by Crippen LogP contribution is -2.35. The van der Waals surface area contributed by atoms with E-state index in [1.165, 1.54) is 38.2 Å². The van der Waals surface area contributed by atoms with E-state index >= 15 is 0 Å². The van der Waals surface area contributed by atoms with E-state index in [2.05, 4.69) is 32.9 Å². The average Bonchev–Trinajstić information content (AvgIpc) is 2.88. The number of rotatable bonds is 3. The maximum absolute atomic E-state index is 4.47. The number of aromatic nitrogens is 2. The molecule has 4 nitrogen and oxygen atoms in total. The van der Waals surface area contributed by atoms with Gasteiger partial charge in [0.1, 0.15) is 5.82 Å². The van der Waals surface area contributed by atoms with Gasteiger partial charge in [0.15, 0.2) is 0 Å². The molecule has 3 heterocycles. The Hall–Kier alpha value is -0.870. The number of nitrogens with one attached hydrogen (secondary N) is 1. The molecule has 2 fully saturated rings. The quantitative estimate of drug-likeness (QED) is 0.854. The maximum atomic E-state index is 4.47. The fourth-order valence-electron chi connectivity index (χ4n) is 3.14. The Bertz CT molecular complexity index is 373. The Kier molecular flexibility index (Phi) is 3.16. The largest absolute Gasteiger partial charge is 0.334 e. The van der Waals surface area contributed by atoms with Crippen molar-refractivity contribution in [2.75, 3.05) is 13.1 Å². The fourth-order valence-corrected chi connectivity index (χ4v) is 3.14. The normalized spacial score (nSPS) is 29.5. The molecule has 2 unspecified atom stereocenters. The lowest BCUT2D eigenvalue weighted by atomic mass is 10.1. The average molecular weight is 234 g/mol. The van der Waals surface area contributed by atoms with E-state index in [9.17, 15) is 0 Å². The van der Waals surface area contributed by atoms with E-state index < -0.39 is 0 Å². The first-order valence-corrected chi connectivity index (χ1v) is 6.83. The molecule has 1 aromatic rings. The molecule has 2 bridgehead atoms. The van der Waals surface area contributed by atoms with E-state index in [4.69, 9.17) is 0 Å². The molecule has 0 aliphatic carbocycles. The summed E-state index contributed by atoms with van der Waals surface area (Å²) in [5, 5.41) is 3.72. The molecule has 2 atom stereocenters. The summed E-state index contributed by atoms with van der Waals surface area (Å²) in [5.74, 6) is 1.21. The maximum Gasteiger partial charge on any atom is 0.122 e. The van der Waals surface area contributed by atoms with Crippen molar-refractivity contribution in [2.24, 2.45) is 0 Å². The van der Waals surface area contributed by atoms with Crippen molar-refractivity contribution in [2.45, 2.75) is 51.4 Å². The third-order valence-corrected chi connectivity index (χ3v) is 4.11. The second-order valence-corrected chi connectivity index (χ2v) is 5.29. The zero-order chi connectivity index (χ0) is 11.7. The summed E-state index contributed by atoms with van der Waals surface area (Å²) in [6, 6.07) is 1.49. The highest BCUT2D eigenvalue weighted by molar-refractivity contribution is 4.95. The highest BCUT2D eigenvalue weighted by Gasteiger charge is 2.29. The summed E-state index contributed by atoms with van der Waals surface area (Å²) in [6.45, 7) is 6.61. The first-order valence-electron chi connectivity index (χ1n) is 6.83. The molecule has 2 aliphatic rings. The minimum Gasteiger partial charge on any atom is -0.334 e. The van der Waals surface area contributed by atoms with Gasteiger partial charge in [-0.2, -0.15) is 0 Å². The van der Waals surface area contributed by atoms with Gasteiger partial charge in [0.05, 0.1) is 6.54 Å². The van der Waals surface area contributed by atoms with Crippen LogP contribution in [0, 0.1) is 0 Å². The molecular weight excluding hydrogens is 212 g/mol. The van der Waals surface area contributed by atoms with E-state index in [0.29, 0.717) is 6.04 Å². The second-order valence-electron chi connectivity index (χ2n) is 5.29. The van der Waals surface area contributed by atoms with E-state index in [0.717, 1.165) is 19.1 Å². The van der Waals surface area contributed by atoms with Crippen molar-refractivity contribution in [3.63, 3.8) is 0 Å². The SMILES string of the molecule is CCn1ccnc1CN1CCC2CCC(C1)N2. The van der Waals surface area contributed by atoms with Crippen molar-refractivity contribution >= 4 is 0 Å². The number of imidazole rings is 1. The second kappa shape index (κ2) is 4.78. The molecule has 0 spiro atoms. The molecule has 1 N–H and O–H groups in total. The topological polar surface area (TPSA) is 33.1 Å². The van der Waals surface area contributed by atoms with Crippen LogP contribution in [-0.4, -0.2) is 39.6 Å². The molecule has 2 saturated heterocycles. The Balaban J connectivity index is 1.65. The van der Waals surface area contributed by atoms with Gasteiger partial charge < -0.3 is 9.88 Å². The van der Waals surface area contributed by atoms with Crippen molar-refractivity contribution in [3.05, 3.63) is 18.2 Å². The van der Waals surface area contributed by atoms with Gasteiger partial charge >= 0.3 is 0 Å². The van der Waals surface area contributed by atoms with Crippen molar-refractivity contribution in [3.8, 4) is 0 Å². The van der Waals surface area contributed by atoms with Crippen LogP contribution in [0.1, 0.15) is 32.0 Å². The molecule has 0 saturated carbocycles. The summed E-state index contributed by atoms with van der Waals surface area (Å²) in [4.78, 5) is 7.04. The number of nitrogens with zero attached hydrogens (tertiary/aromatic N) is 3. The van der Waals surface area contributed by atoms with Crippen LogP contribution < -0.4 is 5.32 Å². The molecule has 4 heteroatoms. The Labute approximate surface area is 103 Å². The van der Waals surface area contributed by atoms with Crippen LogP contribution in [0.15, 0.2) is 12.4 Å². The van der Waals surface area contributed by atoms with Crippen molar-refractivity contribution in [1.82, 2.24) is 19.8 Å². The molecule has 1 aromatic heterocycles. The van der Waals surface area contributed by atoms with E-state index in [1.807, 2.05) is 6.20 Å². The molecule has 2 aliphatic heterocycles. The molecular formula is C13H22N4. The van der Waals surface area contributed by atoms with Gasteiger partial charge in [-0.15, -0.1) is 0 Å². The lowest BCUT2D eigenvalue weighted by molar-refractivity contribution is 0.242. The molecule has 94 valence electrons. The van der Waals surface area contributed by atoms with Gasteiger partial charge in [-0.1, -0.05) is 0 Å². The van der Waals surface area contributed by atoms with Gasteiger partial charge in [0.25, 0.3) is 0 Å². The van der Waals surface area contributed by atoms with E-state index in [-0.39, 0.29) is 0 Å². The summed E-state index contributed by atoms with van der Waals surface area (Å²) < 4.78 is 2.25. The van der Waals surface area contributed by atoms with Crippen LogP contribution in [0.5, 0.6) is 0 Å². The zero-order valence-corrected chi connectivity index (χ0v) is 10.6. The van der Waals surface area contributed by atoms with Crippen LogP contribution in [0.25, 0.3) is 0 Å². The summed E-state index contributed by atoms with van der Waals surface area (Å²) >= 11 is 0. The minimum absolute atomic E-state index is 0.715. The monoisotopic (exact) mass is 234 g/mol. The molecule has 17 heavy (non-hydrogen) atoms. The van der Waals surface area contributed by atoms with Crippen LogP contribution in [0.3, 0.4) is 0 Å². The molecule has 3 rings (SSSR count). The highest BCUT2D eigenvalue weighted by atomic mass is 15.2. The van der Waals surface area contributed by atoms with Gasteiger partial charge in [0.2, 0.25) is 0 Å². The smallest absolute Gasteiger partial charge is 0.122 e. The number of fused-ring (bicyclic) bond motifs is 2. The lowest BCUT2D eigenvalue weighted by Gasteiger charge is -2.23. The Morgan fingerprint density at radius 3 is 3.12 bits per heavy atom. The molecule has 0 aromatic carbocycles. The van der Waals surface area contributed by atoms with Crippen LogP contribution in [0.4, 0.5) is 0 Å². The third-order valence-electron chi connectivity index (χ3n) is 4.11. The Morgan fingerprint density at radius 1 is 1.35 bits per heavy atom. The van der Waals surface area contributed by atoms with Gasteiger partial charge in [-0.25, -0.2) is 4.98 Å². The summed E-state index contributed by atoms with van der Waals surface area (Å²) in [7, 11) is 0. The Morgan fingerprint density at radius 2 is 2.24 bits per heavy atom. The summed E-state index contributed by atoms with van der Waals surface area (Å²) in [6.07, 6.45) is 8.02. The van der Waals surface area contributed by atoms with Crippen LogP contribution in [0.2, 0.25) is 0 Å². The first-order chi connectivity index (χ1) is 8.35. The standard InChI is InChI=1S/C13H22N4/c1-2-17-8-6-14-13(17)10-16-7-5-11-3-4-12(9-16)15-11/h6,8,11-12,15H,2-5,7,9-10H2,1H3. The van der Waals surface area contributed by atoms with Crippen molar-refractivity contribution < 1.29 is 0 Å².